The van der Waals surface area contributed by atoms with Gasteiger partial charge >= 0.3 is 0 Å². The minimum absolute atomic E-state index is 0.0696. The average Bonchev–Trinajstić information content (AvgIpc) is 2.99. The third-order valence-corrected chi connectivity index (χ3v) is 3.53. The first-order valence-electron chi connectivity index (χ1n) is 5.35. The summed E-state index contributed by atoms with van der Waals surface area (Å²) >= 11 is 1.60. The van der Waals surface area contributed by atoms with Gasteiger partial charge in [0.1, 0.15) is 12.0 Å². The SMILES string of the molecule is CC(c1ccon1)N(C)C(=O)Cc1ccsc1. The number of aromatic nitrogens is 1. The fraction of sp³-hybridized carbons (Fsp3) is 0.333. The van der Waals surface area contributed by atoms with Gasteiger partial charge < -0.3 is 9.42 Å². The van der Waals surface area contributed by atoms with Crippen molar-refractivity contribution in [1.29, 1.82) is 0 Å². The van der Waals surface area contributed by atoms with Crippen molar-refractivity contribution in [3.8, 4) is 0 Å². The van der Waals surface area contributed by atoms with Crippen molar-refractivity contribution in [2.75, 3.05) is 7.05 Å². The van der Waals surface area contributed by atoms with Gasteiger partial charge in [0.15, 0.2) is 0 Å². The van der Waals surface area contributed by atoms with Gasteiger partial charge in [0, 0.05) is 13.1 Å². The van der Waals surface area contributed by atoms with Crippen LogP contribution in [0.3, 0.4) is 0 Å². The molecule has 0 radical (unpaired) electrons. The van der Waals surface area contributed by atoms with Gasteiger partial charge in [0.2, 0.25) is 5.91 Å². The number of likely N-dealkylation sites (N-methyl/N-ethyl adjacent to an activating group) is 1. The van der Waals surface area contributed by atoms with E-state index in [1.165, 1.54) is 6.26 Å². The normalized spacial score (nSPS) is 12.4. The first-order chi connectivity index (χ1) is 8.18. The Hall–Kier alpha value is -1.62. The summed E-state index contributed by atoms with van der Waals surface area (Å²) in [5.74, 6) is 0.0823. The van der Waals surface area contributed by atoms with Crippen LogP contribution in [-0.4, -0.2) is 23.0 Å². The van der Waals surface area contributed by atoms with Crippen molar-refractivity contribution in [3.05, 3.63) is 40.4 Å². The van der Waals surface area contributed by atoms with Crippen LogP contribution < -0.4 is 0 Å². The Bertz CT molecular complexity index is 465. The van der Waals surface area contributed by atoms with E-state index < -0.39 is 0 Å². The van der Waals surface area contributed by atoms with E-state index in [0.717, 1.165) is 11.3 Å². The summed E-state index contributed by atoms with van der Waals surface area (Å²) in [6.07, 6.45) is 1.95. The number of thiophene rings is 1. The molecule has 0 saturated carbocycles. The smallest absolute Gasteiger partial charge is 0.227 e. The molecule has 0 bridgehead atoms. The van der Waals surface area contributed by atoms with Crippen LogP contribution in [-0.2, 0) is 11.2 Å². The molecule has 0 aromatic carbocycles. The summed E-state index contributed by atoms with van der Waals surface area (Å²) in [4.78, 5) is 13.7. The first kappa shape index (κ1) is 11.9. The molecule has 17 heavy (non-hydrogen) atoms. The van der Waals surface area contributed by atoms with E-state index >= 15 is 0 Å². The monoisotopic (exact) mass is 250 g/mol. The zero-order valence-electron chi connectivity index (χ0n) is 9.79. The van der Waals surface area contributed by atoms with E-state index in [9.17, 15) is 4.79 Å². The molecule has 1 atom stereocenters. The standard InChI is InChI=1S/C12H14N2O2S/c1-9(11-3-5-16-13-11)14(2)12(15)7-10-4-6-17-8-10/h3-6,8-9H,7H2,1-2H3. The van der Waals surface area contributed by atoms with Crippen molar-refractivity contribution in [2.24, 2.45) is 0 Å². The molecular formula is C12H14N2O2S. The number of carbonyl (C=O) groups excluding carboxylic acids is 1. The lowest BCUT2D eigenvalue weighted by molar-refractivity contribution is -0.131. The lowest BCUT2D eigenvalue weighted by atomic mass is 10.1. The van der Waals surface area contributed by atoms with Gasteiger partial charge in [0.05, 0.1) is 12.5 Å². The maximum atomic E-state index is 12.0. The fourth-order valence-corrected chi connectivity index (χ4v) is 2.21. The summed E-state index contributed by atoms with van der Waals surface area (Å²) in [7, 11) is 1.79. The summed E-state index contributed by atoms with van der Waals surface area (Å²) in [6, 6.07) is 3.68. The van der Waals surface area contributed by atoms with Crippen molar-refractivity contribution >= 4 is 17.2 Å². The molecule has 5 heteroatoms. The minimum Gasteiger partial charge on any atom is -0.364 e. The molecule has 90 valence electrons. The predicted octanol–water partition coefficient (Wildman–Crippen LogP) is 2.50. The molecule has 0 aliphatic rings. The predicted molar refractivity (Wildman–Crippen MR) is 65.7 cm³/mol. The van der Waals surface area contributed by atoms with Crippen LogP contribution in [0.2, 0.25) is 0 Å². The van der Waals surface area contributed by atoms with Crippen LogP contribution in [0.15, 0.2) is 33.7 Å². The topological polar surface area (TPSA) is 46.3 Å². The zero-order chi connectivity index (χ0) is 12.3. The summed E-state index contributed by atoms with van der Waals surface area (Å²) < 4.78 is 4.79. The molecule has 2 aromatic rings. The quantitative estimate of drug-likeness (QED) is 0.837. The highest BCUT2D eigenvalue weighted by Crippen LogP contribution is 2.18. The number of hydrogen-bond acceptors (Lipinski definition) is 4. The maximum absolute atomic E-state index is 12.0. The van der Waals surface area contributed by atoms with Crippen molar-refractivity contribution in [3.63, 3.8) is 0 Å². The maximum Gasteiger partial charge on any atom is 0.227 e. The molecule has 1 amide bonds. The van der Waals surface area contributed by atoms with E-state index in [1.54, 1.807) is 29.4 Å². The molecule has 0 aliphatic heterocycles. The number of amides is 1. The van der Waals surface area contributed by atoms with Crippen LogP contribution in [0.5, 0.6) is 0 Å². The lowest BCUT2D eigenvalue weighted by Crippen LogP contribution is -2.31. The van der Waals surface area contributed by atoms with Gasteiger partial charge in [-0.1, -0.05) is 5.16 Å². The summed E-state index contributed by atoms with van der Waals surface area (Å²) in [6.45, 7) is 1.93. The molecule has 2 heterocycles. The number of rotatable bonds is 4. The van der Waals surface area contributed by atoms with E-state index in [1.807, 2.05) is 23.8 Å². The minimum atomic E-state index is -0.0696. The van der Waals surface area contributed by atoms with Crippen LogP contribution in [0.25, 0.3) is 0 Å². The van der Waals surface area contributed by atoms with Crippen molar-refractivity contribution < 1.29 is 9.32 Å². The number of hydrogen-bond donors (Lipinski definition) is 0. The highest BCUT2D eigenvalue weighted by molar-refractivity contribution is 7.07. The molecule has 4 nitrogen and oxygen atoms in total. The Kier molecular flexibility index (Phi) is 3.58. The van der Waals surface area contributed by atoms with Gasteiger partial charge in [-0.2, -0.15) is 11.3 Å². The van der Waals surface area contributed by atoms with E-state index in [4.69, 9.17) is 4.52 Å². The summed E-state index contributed by atoms with van der Waals surface area (Å²) in [5, 5.41) is 7.82. The van der Waals surface area contributed by atoms with E-state index in [0.29, 0.717) is 6.42 Å². The van der Waals surface area contributed by atoms with Gasteiger partial charge in [-0.3, -0.25) is 4.79 Å². The van der Waals surface area contributed by atoms with E-state index in [-0.39, 0.29) is 11.9 Å². The molecule has 0 spiro atoms. The van der Waals surface area contributed by atoms with Gasteiger partial charge in [-0.25, -0.2) is 0 Å². The second-order valence-electron chi connectivity index (χ2n) is 3.91. The summed E-state index contributed by atoms with van der Waals surface area (Å²) in [5.41, 5.74) is 1.82. The Labute approximate surface area is 104 Å². The molecule has 0 N–H and O–H groups in total. The van der Waals surface area contributed by atoms with Gasteiger partial charge in [-0.15, -0.1) is 0 Å². The second kappa shape index (κ2) is 5.14. The lowest BCUT2D eigenvalue weighted by Gasteiger charge is -2.22. The Morgan fingerprint density at radius 3 is 3.00 bits per heavy atom. The molecule has 2 rings (SSSR count). The van der Waals surface area contributed by atoms with E-state index in [2.05, 4.69) is 5.16 Å². The molecule has 0 aliphatic carbocycles. The first-order valence-corrected chi connectivity index (χ1v) is 6.30. The van der Waals surface area contributed by atoms with Crippen LogP contribution in [0, 0.1) is 0 Å². The molecular weight excluding hydrogens is 236 g/mol. The second-order valence-corrected chi connectivity index (χ2v) is 4.69. The van der Waals surface area contributed by atoms with Crippen LogP contribution in [0.4, 0.5) is 0 Å². The third kappa shape index (κ3) is 2.74. The Balaban J connectivity index is 2.00. The highest BCUT2D eigenvalue weighted by atomic mass is 32.1. The van der Waals surface area contributed by atoms with Gasteiger partial charge in [0.25, 0.3) is 0 Å². The fourth-order valence-electron chi connectivity index (χ4n) is 1.54. The third-order valence-electron chi connectivity index (χ3n) is 2.80. The van der Waals surface area contributed by atoms with Crippen molar-refractivity contribution in [2.45, 2.75) is 19.4 Å². The number of nitrogens with zero attached hydrogens (tertiary/aromatic N) is 2. The van der Waals surface area contributed by atoms with Crippen LogP contribution >= 0.6 is 11.3 Å². The Morgan fingerprint density at radius 1 is 1.59 bits per heavy atom. The Morgan fingerprint density at radius 2 is 2.41 bits per heavy atom. The molecule has 1 unspecified atom stereocenters. The van der Waals surface area contributed by atoms with Gasteiger partial charge in [-0.05, 0) is 29.3 Å². The molecule has 2 aromatic heterocycles. The number of carbonyl (C=O) groups is 1. The van der Waals surface area contributed by atoms with Crippen LogP contribution in [0.1, 0.15) is 24.2 Å². The molecule has 0 saturated heterocycles. The highest BCUT2D eigenvalue weighted by Gasteiger charge is 2.19. The zero-order valence-corrected chi connectivity index (χ0v) is 10.6. The van der Waals surface area contributed by atoms with Crippen molar-refractivity contribution in [1.82, 2.24) is 10.1 Å². The largest absolute Gasteiger partial charge is 0.364 e. The average molecular weight is 250 g/mol. The molecule has 0 fully saturated rings.